The molecule has 1 aliphatic heterocycles. The third-order valence-corrected chi connectivity index (χ3v) is 5.33. The van der Waals surface area contributed by atoms with Gasteiger partial charge in [0.1, 0.15) is 0 Å². The van der Waals surface area contributed by atoms with Gasteiger partial charge in [0, 0.05) is 0 Å². The molecule has 0 spiro atoms. The molecule has 0 radical (unpaired) electrons. The first-order valence-corrected chi connectivity index (χ1v) is 8.91. The Morgan fingerprint density at radius 3 is 2.33 bits per heavy atom. The van der Waals surface area contributed by atoms with Crippen LogP contribution < -0.4 is 0 Å². The maximum atomic E-state index is 4.46. The summed E-state index contributed by atoms with van der Waals surface area (Å²) in [6.07, 6.45) is 7.55. The fourth-order valence-electron chi connectivity index (χ4n) is 4.06. The molecule has 1 saturated heterocycles. The predicted octanol–water partition coefficient (Wildman–Crippen LogP) is 3.70. The fraction of sp³-hybridized carbons (Fsp3) is 0.611. The van der Waals surface area contributed by atoms with Gasteiger partial charge in [-0.05, 0) is 61.7 Å². The Morgan fingerprint density at radius 1 is 1.00 bits per heavy atom. The third kappa shape index (κ3) is 3.33. The lowest BCUT2D eigenvalue weighted by Gasteiger charge is -2.28. The SMILES string of the molecule is Cc1ccc(C(c2nnnn2C2CCCC2)N2CCCC2)cc1.Cl. The van der Waals surface area contributed by atoms with E-state index in [9.17, 15) is 0 Å². The van der Waals surface area contributed by atoms with Gasteiger partial charge in [-0.15, -0.1) is 17.5 Å². The fourth-order valence-corrected chi connectivity index (χ4v) is 4.06. The van der Waals surface area contributed by atoms with Crippen LogP contribution in [0.25, 0.3) is 0 Å². The summed E-state index contributed by atoms with van der Waals surface area (Å²) in [5.74, 6) is 1.03. The van der Waals surface area contributed by atoms with Gasteiger partial charge >= 0.3 is 0 Å². The molecule has 1 aromatic carbocycles. The van der Waals surface area contributed by atoms with Crippen molar-refractivity contribution in [2.75, 3.05) is 13.1 Å². The highest BCUT2D eigenvalue weighted by atomic mass is 35.5. The maximum absolute atomic E-state index is 4.46. The van der Waals surface area contributed by atoms with Gasteiger partial charge in [-0.3, -0.25) is 4.90 Å². The Hall–Kier alpha value is -1.46. The zero-order valence-corrected chi connectivity index (χ0v) is 15.1. The van der Waals surface area contributed by atoms with Crippen molar-refractivity contribution in [3.05, 3.63) is 41.2 Å². The van der Waals surface area contributed by atoms with Crippen LogP contribution in [0, 0.1) is 6.92 Å². The van der Waals surface area contributed by atoms with E-state index in [1.54, 1.807) is 0 Å². The average molecular weight is 348 g/mol. The minimum atomic E-state index is 0. The Kier molecular flexibility index (Phi) is 5.51. The molecule has 2 heterocycles. The zero-order chi connectivity index (χ0) is 15.6. The van der Waals surface area contributed by atoms with Crippen LogP contribution in [-0.2, 0) is 0 Å². The van der Waals surface area contributed by atoms with Crippen LogP contribution in [-0.4, -0.2) is 38.2 Å². The molecule has 4 rings (SSSR count). The highest BCUT2D eigenvalue weighted by Gasteiger charge is 2.32. The molecule has 0 N–H and O–H groups in total. The van der Waals surface area contributed by atoms with Crippen LogP contribution in [0.15, 0.2) is 24.3 Å². The van der Waals surface area contributed by atoms with Gasteiger partial charge in [-0.25, -0.2) is 4.68 Å². The number of nitrogens with zero attached hydrogens (tertiary/aromatic N) is 5. The van der Waals surface area contributed by atoms with Gasteiger partial charge in [0.25, 0.3) is 0 Å². The van der Waals surface area contributed by atoms with Gasteiger partial charge in [0.2, 0.25) is 0 Å². The molecular weight excluding hydrogens is 322 g/mol. The number of benzene rings is 1. The molecule has 1 aromatic heterocycles. The Bertz CT molecular complexity index is 642. The Labute approximate surface area is 149 Å². The minimum absolute atomic E-state index is 0. The summed E-state index contributed by atoms with van der Waals surface area (Å²) in [5.41, 5.74) is 2.61. The summed E-state index contributed by atoms with van der Waals surface area (Å²) in [5, 5.41) is 12.9. The van der Waals surface area contributed by atoms with E-state index in [2.05, 4.69) is 56.3 Å². The largest absolute Gasteiger partial charge is 0.290 e. The summed E-state index contributed by atoms with van der Waals surface area (Å²) in [4.78, 5) is 2.54. The smallest absolute Gasteiger partial charge is 0.173 e. The first-order chi connectivity index (χ1) is 11.3. The van der Waals surface area contributed by atoms with E-state index < -0.39 is 0 Å². The van der Waals surface area contributed by atoms with Gasteiger partial charge in [0.05, 0.1) is 12.1 Å². The van der Waals surface area contributed by atoms with Gasteiger partial charge in [-0.1, -0.05) is 42.7 Å². The lowest BCUT2D eigenvalue weighted by molar-refractivity contribution is 0.257. The van der Waals surface area contributed by atoms with Crippen LogP contribution in [0.1, 0.15) is 67.6 Å². The van der Waals surface area contributed by atoms with Crippen molar-refractivity contribution in [2.24, 2.45) is 0 Å². The van der Waals surface area contributed by atoms with Crippen molar-refractivity contribution in [1.29, 1.82) is 0 Å². The van der Waals surface area contributed by atoms with Gasteiger partial charge in [0.15, 0.2) is 5.82 Å². The molecule has 1 atom stereocenters. The standard InChI is InChI=1S/C18H25N5.ClH/c1-14-8-10-15(11-9-14)17(22-12-4-5-13-22)18-19-20-21-23(18)16-6-2-3-7-16;/h8-11,16-17H,2-7,12-13H2,1H3;1H. The quantitative estimate of drug-likeness (QED) is 0.846. The molecule has 24 heavy (non-hydrogen) atoms. The highest BCUT2D eigenvalue weighted by molar-refractivity contribution is 5.85. The van der Waals surface area contributed by atoms with E-state index in [0.717, 1.165) is 18.9 Å². The summed E-state index contributed by atoms with van der Waals surface area (Å²) in [7, 11) is 0. The summed E-state index contributed by atoms with van der Waals surface area (Å²) >= 11 is 0. The molecular formula is C18H26ClN5. The third-order valence-electron chi connectivity index (χ3n) is 5.33. The molecule has 0 amide bonds. The van der Waals surface area contributed by atoms with Crippen molar-refractivity contribution in [1.82, 2.24) is 25.1 Å². The molecule has 2 aromatic rings. The lowest BCUT2D eigenvalue weighted by atomic mass is 10.0. The first kappa shape index (κ1) is 17.4. The van der Waals surface area contributed by atoms with E-state index >= 15 is 0 Å². The molecule has 130 valence electrons. The molecule has 1 aliphatic carbocycles. The summed E-state index contributed by atoms with van der Waals surface area (Å²) < 4.78 is 2.12. The van der Waals surface area contributed by atoms with E-state index in [0.29, 0.717) is 6.04 Å². The number of hydrogen-bond acceptors (Lipinski definition) is 4. The number of likely N-dealkylation sites (tertiary alicyclic amines) is 1. The Balaban J connectivity index is 0.00000169. The van der Waals surface area contributed by atoms with Crippen molar-refractivity contribution in [3.8, 4) is 0 Å². The number of aryl methyl sites for hydroxylation is 1. The van der Waals surface area contributed by atoms with Crippen molar-refractivity contribution in [2.45, 2.75) is 57.5 Å². The monoisotopic (exact) mass is 347 g/mol. The van der Waals surface area contributed by atoms with Crippen LogP contribution in [0.4, 0.5) is 0 Å². The number of rotatable bonds is 4. The van der Waals surface area contributed by atoms with Crippen molar-refractivity contribution >= 4 is 12.4 Å². The normalized spacial score (nSPS) is 20.2. The van der Waals surface area contributed by atoms with Crippen molar-refractivity contribution in [3.63, 3.8) is 0 Å². The van der Waals surface area contributed by atoms with Crippen LogP contribution in [0.2, 0.25) is 0 Å². The van der Waals surface area contributed by atoms with E-state index in [4.69, 9.17) is 0 Å². The number of tetrazole rings is 1. The second-order valence-corrected chi connectivity index (χ2v) is 6.98. The molecule has 1 unspecified atom stereocenters. The molecule has 1 saturated carbocycles. The molecule has 2 aliphatic rings. The molecule has 6 heteroatoms. The van der Waals surface area contributed by atoms with E-state index in [1.807, 2.05) is 0 Å². The average Bonchev–Trinajstić information content (AvgIpc) is 3.32. The van der Waals surface area contributed by atoms with Crippen LogP contribution >= 0.6 is 12.4 Å². The highest BCUT2D eigenvalue weighted by Crippen LogP contribution is 2.35. The van der Waals surface area contributed by atoms with E-state index in [1.165, 1.54) is 49.7 Å². The number of halogens is 1. The molecule has 2 fully saturated rings. The summed E-state index contributed by atoms with van der Waals surface area (Å²) in [6.45, 7) is 4.41. The molecule has 5 nitrogen and oxygen atoms in total. The first-order valence-electron chi connectivity index (χ1n) is 8.91. The van der Waals surface area contributed by atoms with Crippen LogP contribution in [0.3, 0.4) is 0 Å². The van der Waals surface area contributed by atoms with Gasteiger partial charge in [-0.2, -0.15) is 0 Å². The second kappa shape index (κ2) is 7.62. The second-order valence-electron chi connectivity index (χ2n) is 6.98. The number of aromatic nitrogens is 4. The predicted molar refractivity (Wildman–Crippen MR) is 96.4 cm³/mol. The molecule has 0 bridgehead atoms. The zero-order valence-electron chi connectivity index (χ0n) is 14.3. The van der Waals surface area contributed by atoms with E-state index in [-0.39, 0.29) is 18.4 Å². The Morgan fingerprint density at radius 2 is 1.67 bits per heavy atom. The minimum Gasteiger partial charge on any atom is -0.290 e. The van der Waals surface area contributed by atoms with Gasteiger partial charge < -0.3 is 0 Å². The lowest BCUT2D eigenvalue weighted by Crippen LogP contribution is -2.30. The number of hydrogen-bond donors (Lipinski definition) is 0. The maximum Gasteiger partial charge on any atom is 0.173 e. The summed E-state index contributed by atoms with van der Waals surface area (Å²) in [6, 6.07) is 9.55. The van der Waals surface area contributed by atoms with Crippen LogP contribution in [0.5, 0.6) is 0 Å². The van der Waals surface area contributed by atoms with Crippen molar-refractivity contribution < 1.29 is 0 Å². The topological polar surface area (TPSA) is 46.8 Å².